The fourth-order valence-corrected chi connectivity index (χ4v) is 3.44. The monoisotopic (exact) mass is 396 g/mol. The molecule has 0 saturated carbocycles. The minimum atomic E-state index is -0.595. The highest BCUT2D eigenvalue weighted by Gasteiger charge is 2.25. The van der Waals surface area contributed by atoms with Crippen LogP contribution in [0.1, 0.15) is 40.4 Å². The Morgan fingerprint density at radius 2 is 1.93 bits per heavy atom. The molecule has 6 heteroatoms. The molecule has 1 aliphatic rings. The summed E-state index contributed by atoms with van der Waals surface area (Å²) in [6, 6.07) is 13.8. The molecule has 0 saturated heterocycles. The first-order valence-electron chi connectivity index (χ1n) is 9.99. The molecular formula is C23H28N2O4. The van der Waals surface area contributed by atoms with Crippen LogP contribution in [0.25, 0.3) is 0 Å². The van der Waals surface area contributed by atoms with Gasteiger partial charge in [-0.1, -0.05) is 30.3 Å². The van der Waals surface area contributed by atoms with E-state index in [4.69, 9.17) is 15.2 Å². The van der Waals surface area contributed by atoms with Crippen molar-refractivity contribution < 1.29 is 19.1 Å². The molecule has 3 rings (SSSR count). The maximum Gasteiger partial charge on any atom is 0.260 e. The molecule has 2 aromatic carbocycles. The molecule has 6 nitrogen and oxygen atoms in total. The summed E-state index contributed by atoms with van der Waals surface area (Å²) in [5, 5.41) is 0. The number of nitrogens with two attached hydrogens (primary N) is 1. The van der Waals surface area contributed by atoms with E-state index in [1.54, 1.807) is 4.90 Å². The molecule has 2 amide bonds. The van der Waals surface area contributed by atoms with Crippen molar-refractivity contribution in [2.45, 2.75) is 39.2 Å². The van der Waals surface area contributed by atoms with Crippen LogP contribution in [0.15, 0.2) is 42.5 Å². The number of ether oxygens (including phenoxy) is 2. The molecule has 1 atom stereocenters. The summed E-state index contributed by atoms with van der Waals surface area (Å²) in [4.78, 5) is 25.8. The van der Waals surface area contributed by atoms with E-state index in [1.807, 2.05) is 56.3 Å². The predicted molar refractivity (Wildman–Crippen MR) is 111 cm³/mol. The normalized spacial score (nSPS) is 14.3. The van der Waals surface area contributed by atoms with Gasteiger partial charge in [0.25, 0.3) is 5.91 Å². The first-order valence-corrected chi connectivity index (χ1v) is 9.99. The second-order valence-electron chi connectivity index (χ2n) is 7.31. The van der Waals surface area contributed by atoms with Gasteiger partial charge in [0.15, 0.2) is 6.73 Å². The van der Waals surface area contributed by atoms with Crippen LogP contribution >= 0.6 is 0 Å². The van der Waals surface area contributed by atoms with Gasteiger partial charge in [0.05, 0.1) is 5.56 Å². The minimum Gasteiger partial charge on any atom is -0.472 e. The molecule has 1 unspecified atom stereocenters. The Hall–Kier alpha value is -2.86. The number of hydrogen-bond donors (Lipinski definition) is 1. The van der Waals surface area contributed by atoms with Crippen LogP contribution in [0.5, 0.6) is 5.75 Å². The summed E-state index contributed by atoms with van der Waals surface area (Å²) in [7, 11) is 0. The van der Waals surface area contributed by atoms with E-state index in [1.165, 1.54) is 5.56 Å². The number of amides is 2. The highest BCUT2D eigenvalue weighted by atomic mass is 16.5. The third-order valence-corrected chi connectivity index (χ3v) is 5.05. The van der Waals surface area contributed by atoms with Crippen molar-refractivity contribution in [3.05, 3.63) is 64.7 Å². The Balaban J connectivity index is 1.50. The Bertz CT molecular complexity index is 864. The number of nitrogens with zero attached hydrogens (tertiary/aromatic N) is 1. The second kappa shape index (κ2) is 9.56. The lowest BCUT2D eigenvalue weighted by Crippen LogP contribution is -2.39. The van der Waals surface area contributed by atoms with Crippen LogP contribution in [-0.4, -0.2) is 42.7 Å². The van der Waals surface area contributed by atoms with Gasteiger partial charge < -0.3 is 20.1 Å². The topological polar surface area (TPSA) is 81.9 Å². The van der Waals surface area contributed by atoms with E-state index in [0.29, 0.717) is 37.6 Å². The van der Waals surface area contributed by atoms with Crippen molar-refractivity contribution in [3.8, 4) is 5.75 Å². The number of hydrogen-bond acceptors (Lipinski definition) is 4. The van der Waals surface area contributed by atoms with Gasteiger partial charge in [0.2, 0.25) is 5.91 Å². The third-order valence-electron chi connectivity index (χ3n) is 5.05. The highest BCUT2D eigenvalue weighted by Crippen LogP contribution is 2.26. The number of carbonyl (C=O) groups excluding carboxylic acids is 2. The van der Waals surface area contributed by atoms with Crippen LogP contribution in [0, 0.1) is 6.92 Å². The zero-order chi connectivity index (χ0) is 20.8. The number of primary amides is 1. The van der Waals surface area contributed by atoms with Crippen molar-refractivity contribution in [2.24, 2.45) is 5.73 Å². The number of fused-ring (bicyclic) bond motifs is 1. The molecule has 0 radical (unpaired) electrons. The molecule has 154 valence electrons. The maximum atomic E-state index is 12.6. The van der Waals surface area contributed by atoms with Gasteiger partial charge in [-0.25, -0.2) is 0 Å². The Kier molecular flexibility index (Phi) is 6.88. The molecular weight excluding hydrogens is 368 g/mol. The first kappa shape index (κ1) is 20.9. The number of carbonyl (C=O) groups is 2. The number of benzene rings is 2. The van der Waals surface area contributed by atoms with Crippen LogP contribution in [0.2, 0.25) is 0 Å². The Morgan fingerprint density at radius 1 is 1.21 bits per heavy atom. The van der Waals surface area contributed by atoms with Crippen molar-refractivity contribution >= 4 is 11.8 Å². The van der Waals surface area contributed by atoms with Gasteiger partial charge in [0.1, 0.15) is 11.9 Å². The summed E-state index contributed by atoms with van der Waals surface area (Å²) < 4.78 is 11.1. The summed E-state index contributed by atoms with van der Waals surface area (Å²) >= 11 is 0. The minimum absolute atomic E-state index is 0.0232. The average Bonchev–Trinajstić information content (AvgIpc) is 2.70. The zero-order valence-electron chi connectivity index (χ0n) is 17.0. The van der Waals surface area contributed by atoms with E-state index in [2.05, 4.69) is 0 Å². The number of rotatable bonds is 9. The molecule has 1 heterocycles. The van der Waals surface area contributed by atoms with Gasteiger partial charge >= 0.3 is 0 Å². The fourth-order valence-electron chi connectivity index (χ4n) is 3.44. The van der Waals surface area contributed by atoms with E-state index < -0.39 is 12.0 Å². The molecule has 1 aliphatic heterocycles. The smallest absolute Gasteiger partial charge is 0.260 e. The van der Waals surface area contributed by atoms with Crippen molar-refractivity contribution in [1.29, 1.82) is 0 Å². The molecule has 0 aliphatic carbocycles. The lowest BCUT2D eigenvalue weighted by atomic mass is 10.0. The Labute approximate surface area is 171 Å². The lowest BCUT2D eigenvalue weighted by Gasteiger charge is -2.29. The molecule has 2 N–H and O–H groups in total. The standard InChI is InChI=1S/C23H28N2O4/c1-3-28-21(22(24)26)14-18-9-7-17(8-10-18)5-4-12-25-15-29-20-13-16(2)6-11-19(20)23(25)27/h6-11,13,21H,3-5,12,14-15H2,1-2H3,(H2,24,26). The highest BCUT2D eigenvalue weighted by molar-refractivity contribution is 5.97. The third kappa shape index (κ3) is 5.35. The summed E-state index contributed by atoms with van der Waals surface area (Å²) in [5.41, 5.74) is 9.28. The molecule has 0 fully saturated rings. The van der Waals surface area contributed by atoms with Crippen LogP contribution in [0.3, 0.4) is 0 Å². The second-order valence-corrected chi connectivity index (χ2v) is 7.31. The maximum absolute atomic E-state index is 12.6. The van der Waals surface area contributed by atoms with Crippen LogP contribution in [-0.2, 0) is 22.4 Å². The summed E-state index contributed by atoms with van der Waals surface area (Å²) in [6.45, 7) is 5.21. The van der Waals surface area contributed by atoms with Crippen molar-refractivity contribution in [2.75, 3.05) is 19.9 Å². The Morgan fingerprint density at radius 3 is 2.62 bits per heavy atom. The first-order chi connectivity index (χ1) is 14.0. The van der Waals surface area contributed by atoms with Gasteiger partial charge in [-0.05, 0) is 55.5 Å². The predicted octanol–water partition coefficient (Wildman–Crippen LogP) is 2.85. The van der Waals surface area contributed by atoms with E-state index in [-0.39, 0.29) is 5.91 Å². The van der Waals surface area contributed by atoms with Gasteiger partial charge in [-0.2, -0.15) is 0 Å². The largest absolute Gasteiger partial charge is 0.472 e. The van der Waals surface area contributed by atoms with Gasteiger partial charge in [0, 0.05) is 19.6 Å². The van der Waals surface area contributed by atoms with E-state index >= 15 is 0 Å². The zero-order valence-corrected chi connectivity index (χ0v) is 17.0. The molecule has 29 heavy (non-hydrogen) atoms. The van der Waals surface area contributed by atoms with Crippen molar-refractivity contribution in [1.82, 2.24) is 4.90 Å². The van der Waals surface area contributed by atoms with Gasteiger partial charge in [-0.15, -0.1) is 0 Å². The molecule has 0 spiro atoms. The molecule has 2 aromatic rings. The van der Waals surface area contributed by atoms with Crippen molar-refractivity contribution in [3.63, 3.8) is 0 Å². The van der Waals surface area contributed by atoms with E-state index in [9.17, 15) is 9.59 Å². The van der Waals surface area contributed by atoms with Gasteiger partial charge in [-0.3, -0.25) is 9.59 Å². The van der Waals surface area contributed by atoms with Crippen LogP contribution in [0.4, 0.5) is 0 Å². The molecule has 0 bridgehead atoms. The lowest BCUT2D eigenvalue weighted by molar-refractivity contribution is -0.129. The number of aryl methyl sites for hydroxylation is 2. The fraction of sp³-hybridized carbons (Fsp3) is 0.391. The quantitative estimate of drug-likeness (QED) is 0.707. The SMILES string of the molecule is CCOC(Cc1ccc(CCCN2COc3cc(C)ccc3C2=O)cc1)C(N)=O. The van der Waals surface area contributed by atoms with Crippen LogP contribution < -0.4 is 10.5 Å². The average molecular weight is 396 g/mol. The summed E-state index contributed by atoms with van der Waals surface area (Å²) in [5.74, 6) is 0.249. The van der Waals surface area contributed by atoms with E-state index in [0.717, 1.165) is 24.0 Å². The molecule has 0 aromatic heterocycles. The summed E-state index contributed by atoms with van der Waals surface area (Å²) in [6.07, 6.45) is 1.58.